The molecule has 0 aromatic carbocycles. The number of carbonyl (C=O) groups excluding carboxylic acids is 1. The van der Waals surface area contributed by atoms with Crippen molar-refractivity contribution in [3.63, 3.8) is 0 Å². The van der Waals surface area contributed by atoms with E-state index < -0.39 is 18.2 Å². The van der Waals surface area contributed by atoms with Gasteiger partial charge >= 0.3 is 12.1 Å². The molecule has 0 saturated carbocycles. The highest BCUT2D eigenvalue weighted by atomic mass is 16.6. The number of amides is 1. The van der Waals surface area contributed by atoms with Gasteiger partial charge in [-0.25, -0.2) is 9.59 Å². The Labute approximate surface area is 157 Å². The van der Waals surface area contributed by atoms with Gasteiger partial charge in [0.1, 0.15) is 6.10 Å². The molecule has 0 aliphatic carbocycles. The first-order valence-corrected chi connectivity index (χ1v) is 8.96. The molecule has 2 N–H and O–H groups in total. The lowest BCUT2D eigenvalue weighted by atomic mass is 9.85. The molecule has 1 amide bonds. The van der Waals surface area contributed by atoms with E-state index in [0.717, 1.165) is 19.3 Å². The van der Waals surface area contributed by atoms with E-state index in [0.29, 0.717) is 30.9 Å². The molecule has 0 saturated heterocycles. The fourth-order valence-corrected chi connectivity index (χ4v) is 2.58. The molecular formula is C21H33NO4. The number of hydrogen-bond donors (Lipinski definition) is 2. The maximum atomic E-state index is 11.8. The van der Waals surface area contributed by atoms with E-state index in [1.54, 1.807) is 13.0 Å². The summed E-state index contributed by atoms with van der Waals surface area (Å²) in [6.07, 6.45) is 6.15. The standard InChI is InChI=1S/C21H33NO4/c1-7-9-10-16(5)11-12-18(17(6)20(23)24)14-19(15(3)4)26-21(25)22-13-8-2/h7-8,16,18-19H,1-3,6,9-14H2,4-5H3,(H,22,25)(H,23,24). The Morgan fingerprint density at radius 3 is 2.31 bits per heavy atom. The number of aliphatic carboxylic acids is 1. The summed E-state index contributed by atoms with van der Waals surface area (Å²) in [5, 5.41) is 11.9. The summed E-state index contributed by atoms with van der Waals surface area (Å²) in [4.78, 5) is 23.2. The molecule has 0 aromatic heterocycles. The molecule has 0 fully saturated rings. The van der Waals surface area contributed by atoms with Crippen molar-refractivity contribution >= 4 is 12.1 Å². The fraction of sp³-hybridized carbons (Fsp3) is 0.524. The fourth-order valence-electron chi connectivity index (χ4n) is 2.58. The van der Waals surface area contributed by atoms with Gasteiger partial charge in [0.25, 0.3) is 0 Å². The van der Waals surface area contributed by atoms with E-state index in [4.69, 9.17) is 4.74 Å². The van der Waals surface area contributed by atoms with Gasteiger partial charge in [-0.15, -0.1) is 13.2 Å². The number of carboxylic acids is 1. The predicted octanol–water partition coefficient (Wildman–Crippen LogP) is 4.87. The van der Waals surface area contributed by atoms with E-state index in [2.05, 4.69) is 38.6 Å². The summed E-state index contributed by atoms with van der Waals surface area (Å²) in [6.45, 7) is 19.0. The van der Waals surface area contributed by atoms with Crippen LogP contribution in [0.2, 0.25) is 0 Å². The predicted molar refractivity (Wildman–Crippen MR) is 106 cm³/mol. The van der Waals surface area contributed by atoms with E-state index >= 15 is 0 Å². The Hall–Kier alpha value is -2.30. The highest BCUT2D eigenvalue weighted by Crippen LogP contribution is 2.28. The zero-order valence-electron chi connectivity index (χ0n) is 16.1. The number of carboxylic acid groups (broad SMARTS) is 1. The lowest BCUT2D eigenvalue weighted by Crippen LogP contribution is -2.31. The molecule has 0 bridgehead atoms. The van der Waals surface area contributed by atoms with Crippen molar-refractivity contribution in [1.82, 2.24) is 5.32 Å². The number of alkyl carbamates (subject to hydrolysis) is 1. The molecule has 0 aromatic rings. The second-order valence-electron chi connectivity index (χ2n) is 6.72. The largest absolute Gasteiger partial charge is 0.478 e. The average Bonchev–Trinajstić information content (AvgIpc) is 2.59. The Balaban J connectivity index is 4.97. The molecule has 0 aliphatic rings. The third-order valence-corrected chi connectivity index (χ3v) is 4.33. The highest BCUT2D eigenvalue weighted by Gasteiger charge is 2.26. The molecule has 5 nitrogen and oxygen atoms in total. The van der Waals surface area contributed by atoms with Crippen LogP contribution in [0.5, 0.6) is 0 Å². The van der Waals surface area contributed by atoms with Crippen LogP contribution in [0.25, 0.3) is 0 Å². The highest BCUT2D eigenvalue weighted by molar-refractivity contribution is 5.86. The van der Waals surface area contributed by atoms with Gasteiger partial charge in [0.15, 0.2) is 0 Å². The van der Waals surface area contributed by atoms with E-state index in [1.165, 1.54) is 0 Å². The zero-order valence-corrected chi connectivity index (χ0v) is 16.1. The lowest BCUT2D eigenvalue weighted by Gasteiger charge is -2.25. The Kier molecular flexibility index (Phi) is 11.8. The second kappa shape index (κ2) is 13.0. The molecule has 0 rings (SSSR count). The first-order valence-electron chi connectivity index (χ1n) is 8.96. The van der Waals surface area contributed by atoms with Crippen LogP contribution in [0.4, 0.5) is 4.79 Å². The van der Waals surface area contributed by atoms with Gasteiger partial charge in [-0.3, -0.25) is 0 Å². The van der Waals surface area contributed by atoms with E-state index in [1.807, 2.05) is 6.08 Å². The molecule has 0 heterocycles. The Morgan fingerprint density at radius 2 is 1.81 bits per heavy atom. The van der Waals surface area contributed by atoms with Crippen LogP contribution >= 0.6 is 0 Å². The van der Waals surface area contributed by atoms with Gasteiger partial charge in [0.05, 0.1) is 0 Å². The minimum absolute atomic E-state index is 0.141. The summed E-state index contributed by atoms with van der Waals surface area (Å²) in [5.41, 5.74) is 0.809. The number of rotatable bonds is 14. The van der Waals surface area contributed by atoms with Crippen molar-refractivity contribution in [1.29, 1.82) is 0 Å². The molecule has 3 unspecified atom stereocenters. The summed E-state index contributed by atoms with van der Waals surface area (Å²) >= 11 is 0. The van der Waals surface area contributed by atoms with Crippen molar-refractivity contribution in [2.75, 3.05) is 6.54 Å². The number of carbonyl (C=O) groups is 2. The van der Waals surface area contributed by atoms with Crippen LogP contribution in [-0.4, -0.2) is 29.8 Å². The monoisotopic (exact) mass is 363 g/mol. The van der Waals surface area contributed by atoms with Crippen LogP contribution in [0.15, 0.2) is 49.6 Å². The third kappa shape index (κ3) is 9.87. The normalized spacial score (nSPS) is 13.8. The summed E-state index contributed by atoms with van der Waals surface area (Å²) in [5.74, 6) is -0.852. The Bertz CT molecular complexity index is 524. The topological polar surface area (TPSA) is 75.6 Å². The molecule has 5 heteroatoms. The smallest absolute Gasteiger partial charge is 0.407 e. The number of ether oxygens (including phenoxy) is 1. The van der Waals surface area contributed by atoms with Crippen molar-refractivity contribution in [2.45, 2.75) is 52.1 Å². The summed E-state index contributed by atoms with van der Waals surface area (Å²) in [7, 11) is 0. The molecule has 146 valence electrons. The van der Waals surface area contributed by atoms with E-state index in [-0.39, 0.29) is 11.5 Å². The first kappa shape index (κ1) is 23.7. The minimum Gasteiger partial charge on any atom is -0.478 e. The van der Waals surface area contributed by atoms with Gasteiger partial charge in [-0.05, 0) is 50.0 Å². The minimum atomic E-state index is -1.02. The Morgan fingerprint density at radius 1 is 1.15 bits per heavy atom. The van der Waals surface area contributed by atoms with Gasteiger partial charge in [-0.1, -0.05) is 38.7 Å². The van der Waals surface area contributed by atoms with Crippen molar-refractivity contribution in [3.8, 4) is 0 Å². The van der Waals surface area contributed by atoms with Crippen LogP contribution in [-0.2, 0) is 9.53 Å². The van der Waals surface area contributed by atoms with E-state index in [9.17, 15) is 14.7 Å². The molecule has 0 spiro atoms. The molecular weight excluding hydrogens is 330 g/mol. The van der Waals surface area contributed by atoms with Gasteiger partial charge in [0, 0.05) is 12.1 Å². The van der Waals surface area contributed by atoms with Crippen LogP contribution in [0.1, 0.15) is 46.0 Å². The average molecular weight is 363 g/mol. The van der Waals surface area contributed by atoms with Crippen molar-refractivity contribution in [3.05, 3.63) is 49.6 Å². The third-order valence-electron chi connectivity index (χ3n) is 4.33. The van der Waals surface area contributed by atoms with Crippen LogP contribution < -0.4 is 5.32 Å². The van der Waals surface area contributed by atoms with Crippen molar-refractivity contribution in [2.24, 2.45) is 11.8 Å². The van der Waals surface area contributed by atoms with Crippen LogP contribution in [0, 0.1) is 11.8 Å². The number of allylic oxidation sites excluding steroid dienone is 1. The lowest BCUT2D eigenvalue weighted by molar-refractivity contribution is -0.133. The summed E-state index contributed by atoms with van der Waals surface area (Å²) in [6, 6.07) is 0. The van der Waals surface area contributed by atoms with Gasteiger partial charge < -0.3 is 15.2 Å². The molecule has 0 radical (unpaired) electrons. The summed E-state index contributed by atoms with van der Waals surface area (Å²) < 4.78 is 5.40. The maximum Gasteiger partial charge on any atom is 0.407 e. The molecule has 26 heavy (non-hydrogen) atoms. The number of hydrogen-bond acceptors (Lipinski definition) is 3. The maximum absolute atomic E-state index is 11.8. The van der Waals surface area contributed by atoms with Crippen molar-refractivity contribution < 1.29 is 19.4 Å². The second-order valence-corrected chi connectivity index (χ2v) is 6.72. The van der Waals surface area contributed by atoms with Gasteiger partial charge in [-0.2, -0.15) is 0 Å². The number of nitrogens with one attached hydrogen (secondary N) is 1. The first-order chi connectivity index (χ1) is 12.2. The quantitative estimate of drug-likeness (QED) is 0.341. The van der Waals surface area contributed by atoms with Gasteiger partial charge in [0.2, 0.25) is 0 Å². The molecule has 3 atom stereocenters. The SMILES string of the molecule is C=CCCC(C)CCC(CC(OC(=O)NCC=C)C(=C)C)C(=C)C(=O)O. The molecule has 0 aliphatic heterocycles. The zero-order chi connectivity index (χ0) is 20.1. The van der Waals surface area contributed by atoms with Crippen LogP contribution in [0.3, 0.4) is 0 Å².